The van der Waals surface area contributed by atoms with Gasteiger partial charge < -0.3 is 19.5 Å². The molecule has 0 spiro atoms. The molecule has 3 aliphatic rings. The molecule has 0 saturated heterocycles. The average molecular weight is 482 g/mol. The first-order valence-corrected chi connectivity index (χ1v) is 12.6. The minimum atomic E-state index is -0.910. The fourth-order valence-electron chi connectivity index (χ4n) is 5.63. The maximum absolute atomic E-state index is 13.8. The van der Waals surface area contributed by atoms with Crippen LogP contribution >= 0.6 is 0 Å². The van der Waals surface area contributed by atoms with Crippen LogP contribution in [0.1, 0.15) is 70.8 Å². The lowest BCUT2D eigenvalue weighted by Gasteiger charge is -2.38. The molecule has 0 aromatic heterocycles. The molecule has 2 aliphatic carbocycles. The fraction of sp³-hybridized carbons (Fsp3) is 0.536. The summed E-state index contributed by atoms with van der Waals surface area (Å²) in [6, 6.07) is 7.46. The van der Waals surface area contributed by atoms with Crippen molar-refractivity contribution in [1.29, 1.82) is 0 Å². The van der Waals surface area contributed by atoms with Crippen molar-refractivity contribution in [2.24, 2.45) is 11.8 Å². The second kappa shape index (κ2) is 10.7. The van der Waals surface area contributed by atoms with Gasteiger partial charge in [-0.3, -0.25) is 9.59 Å². The smallest absolute Gasteiger partial charge is 0.337 e. The van der Waals surface area contributed by atoms with Gasteiger partial charge in [0.15, 0.2) is 5.78 Å². The minimum absolute atomic E-state index is 0.118. The molecule has 1 aromatic carbocycles. The van der Waals surface area contributed by atoms with E-state index in [2.05, 4.69) is 5.32 Å². The number of esters is 2. The van der Waals surface area contributed by atoms with Gasteiger partial charge in [-0.05, 0) is 69.6 Å². The number of ketones is 1. The molecule has 35 heavy (non-hydrogen) atoms. The predicted octanol–water partition coefficient (Wildman–Crippen LogP) is 4.57. The topological polar surface area (TPSA) is 90.9 Å². The molecule has 3 atom stereocenters. The van der Waals surface area contributed by atoms with Gasteiger partial charge in [-0.25, -0.2) is 4.79 Å². The first-order valence-electron chi connectivity index (χ1n) is 12.6. The second-order valence-electron chi connectivity index (χ2n) is 9.71. The highest BCUT2D eigenvalue weighted by atomic mass is 16.5. The maximum atomic E-state index is 13.8. The highest BCUT2D eigenvalue weighted by molar-refractivity contribution is 6.12. The number of hydrogen-bond donors (Lipinski definition) is 1. The number of benzene rings is 1. The van der Waals surface area contributed by atoms with Gasteiger partial charge >= 0.3 is 11.9 Å². The molecule has 1 saturated carbocycles. The number of nitrogens with one attached hydrogen (secondary N) is 1. The van der Waals surface area contributed by atoms with Crippen LogP contribution in [0.2, 0.25) is 0 Å². The number of ether oxygens (including phenoxy) is 3. The summed E-state index contributed by atoms with van der Waals surface area (Å²) in [7, 11) is 1.30. The largest absolute Gasteiger partial charge is 0.494 e. The number of rotatable bonds is 6. The van der Waals surface area contributed by atoms with E-state index in [1.54, 1.807) is 0 Å². The van der Waals surface area contributed by atoms with Crippen LogP contribution in [0.25, 0.3) is 0 Å². The zero-order chi connectivity index (χ0) is 25.1. The molecule has 1 fully saturated rings. The fourth-order valence-corrected chi connectivity index (χ4v) is 5.63. The van der Waals surface area contributed by atoms with Crippen molar-refractivity contribution >= 4 is 17.7 Å². The van der Waals surface area contributed by atoms with Crippen LogP contribution < -0.4 is 10.1 Å². The first-order chi connectivity index (χ1) is 16.8. The summed E-state index contributed by atoms with van der Waals surface area (Å²) < 4.78 is 16.7. The van der Waals surface area contributed by atoms with E-state index in [1.807, 2.05) is 45.0 Å². The van der Waals surface area contributed by atoms with E-state index in [1.165, 1.54) is 7.11 Å². The Morgan fingerprint density at radius 3 is 2.57 bits per heavy atom. The SMILES string of the molecule is CCOc1cccc([C@@H]2C(C(=O)OC3CCCCC3)=C(C)NC3=C2C(=O)[C@H](C(=O)OC)[C@H](C)C3)c1. The number of hydrogen-bond acceptors (Lipinski definition) is 7. The standard InChI is InChI=1S/C28H35NO6/c1-5-34-20-13-9-10-18(15-20)24-23(28(32)35-19-11-7-6-8-12-19)17(3)29-21-14-16(2)22(27(31)33-4)26(30)25(21)24/h9-10,13,15-16,19,22,24,29H,5-8,11-12,14H2,1-4H3/t16-,22-,24-/m1/s1. The summed E-state index contributed by atoms with van der Waals surface area (Å²) in [6.07, 6.45) is 5.33. The average Bonchev–Trinajstić information content (AvgIpc) is 2.84. The lowest BCUT2D eigenvalue weighted by molar-refractivity contribution is -0.151. The molecule has 0 amide bonds. The lowest BCUT2D eigenvalue weighted by atomic mass is 9.69. The van der Waals surface area contributed by atoms with Gasteiger partial charge in [-0.1, -0.05) is 25.5 Å². The van der Waals surface area contributed by atoms with E-state index < -0.39 is 23.8 Å². The van der Waals surface area contributed by atoms with Crippen molar-refractivity contribution in [3.63, 3.8) is 0 Å². The molecule has 1 heterocycles. The molecule has 7 nitrogen and oxygen atoms in total. The summed E-state index contributed by atoms with van der Waals surface area (Å²) in [5.74, 6) is -2.40. The van der Waals surface area contributed by atoms with E-state index in [-0.39, 0.29) is 17.8 Å². The molecule has 7 heteroatoms. The summed E-state index contributed by atoms with van der Waals surface area (Å²) in [4.78, 5) is 40.0. The molecule has 1 N–H and O–H groups in total. The molecular formula is C28H35NO6. The van der Waals surface area contributed by atoms with Gasteiger partial charge in [0, 0.05) is 22.9 Å². The third-order valence-corrected chi connectivity index (χ3v) is 7.29. The third-order valence-electron chi connectivity index (χ3n) is 7.29. The van der Waals surface area contributed by atoms with Gasteiger partial charge in [0.25, 0.3) is 0 Å². The Hall–Kier alpha value is -3.09. The Morgan fingerprint density at radius 2 is 1.89 bits per heavy atom. The van der Waals surface area contributed by atoms with Crippen molar-refractivity contribution in [2.45, 2.75) is 71.3 Å². The van der Waals surface area contributed by atoms with Crippen LogP contribution in [-0.4, -0.2) is 37.5 Å². The highest BCUT2D eigenvalue weighted by Crippen LogP contribution is 2.46. The molecule has 0 unspecified atom stereocenters. The summed E-state index contributed by atoms with van der Waals surface area (Å²) in [6.45, 7) is 6.13. The van der Waals surface area contributed by atoms with Crippen LogP contribution in [0.4, 0.5) is 0 Å². The van der Waals surface area contributed by atoms with Gasteiger partial charge in [0.1, 0.15) is 17.8 Å². The highest BCUT2D eigenvalue weighted by Gasteiger charge is 2.47. The Morgan fingerprint density at radius 1 is 1.14 bits per heavy atom. The van der Waals surface area contributed by atoms with Crippen molar-refractivity contribution in [3.8, 4) is 5.75 Å². The molecule has 4 rings (SSSR count). The number of methoxy groups -OCH3 is 1. The Kier molecular flexibility index (Phi) is 7.63. The van der Waals surface area contributed by atoms with Crippen molar-refractivity contribution in [2.75, 3.05) is 13.7 Å². The van der Waals surface area contributed by atoms with Gasteiger partial charge in [0.05, 0.1) is 19.3 Å². The van der Waals surface area contributed by atoms with Crippen LogP contribution in [0, 0.1) is 11.8 Å². The third kappa shape index (κ3) is 5.00. The molecule has 0 radical (unpaired) electrons. The number of Topliss-reactive ketones (excluding diaryl/α,β-unsaturated/α-hetero) is 1. The van der Waals surface area contributed by atoms with E-state index in [0.717, 1.165) is 43.4 Å². The van der Waals surface area contributed by atoms with Crippen LogP contribution in [0.15, 0.2) is 46.8 Å². The van der Waals surface area contributed by atoms with Crippen LogP contribution in [0.3, 0.4) is 0 Å². The Labute approximate surface area is 206 Å². The molecule has 1 aliphatic heterocycles. The number of allylic oxidation sites excluding steroid dienone is 3. The quantitative estimate of drug-likeness (QED) is 0.470. The van der Waals surface area contributed by atoms with E-state index in [9.17, 15) is 14.4 Å². The summed E-state index contributed by atoms with van der Waals surface area (Å²) in [5, 5.41) is 3.32. The normalized spacial score (nSPS) is 25.0. The van der Waals surface area contributed by atoms with Crippen molar-refractivity contribution < 1.29 is 28.6 Å². The predicted molar refractivity (Wildman–Crippen MR) is 130 cm³/mol. The summed E-state index contributed by atoms with van der Waals surface area (Å²) in [5.41, 5.74) is 3.03. The molecule has 1 aromatic rings. The van der Waals surface area contributed by atoms with E-state index in [4.69, 9.17) is 14.2 Å². The van der Waals surface area contributed by atoms with Crippen molar-refractivity contribution in [3.05, 3.63) is 52.4 Å². The zero-order valence-corrected chi connectivity index (χ0v) is 21.0. The van der Waals surface area contributed by atoms with Crippen molar-refractivity contribution in [1.82, 2.24) is 5.32 Å². The monoisotopic (exact) mass is 481 g/mol. The molecule has 188 valence electrons. The van der Waals surface area contributed by atoms with Crippen LogP contribution in [0.5, 0.6) is 5.75 Å². The van der Waals surface area contributed by atoms with Gasteiger partial charge in [-0.2, -0.15) is 0 Å². The minimum Gasteiger partial charge on any atom is -0.494 e. The van der Waals surface area contributed by atoms with Gasteiger partial charge in [0.2, 0.25) is 0 Å². The Bertz CT molecular complexity index is 1060. The zero-order valence-electron chi connectivity index (χ0n) is 21.0. The van der Waals surface area contributed by atoms with Crippen LogP contribution in [-0.2, 0) is 23.9 Å². The van der Waals surface area contributed by atoms with E-state index in [0.29, 0.717) is 35.6 Å². The lowest BCUT2D eigenvalue weighted by Crippen LogP contribution is -2.43. The second-order valence-corrected chi connectivity index (χ2v) is 9.71. The number of carbonyl (C=O) groups is 3. The Balaban J connectivity index is 1.79. The number of dihydropyridines is 1. The number of carbonyl (C=O) groups excluding carboxylic acids is 3. The first kappa shape index (κ1) is 25.0. The van der Waals surface area contributed by atoms with Gasteiger partial charge in [-0.15, -0.1) is 0 Å². The van der Waals surface area contributed by atoms with E-state index >= 15 is 0 Å². The molecule has 0 bridgehead atoms. The molecular weight excluding hydrogens is 446 g/mol. The summed E-state index contributed by atoms with van der Waals surface area (Å²) >= 11 is 0. The maximum Gasteiger partial charge on any atom is 0.337 e.